The summed E-state index contributed by atoms with van der Waals surface area (Å²) in [6, 6.07) is 5.04. The zero-order chi connectivity index (χ0) is 11.4. The van der Waals surface area contributed by atoms with Gasteiger partial charge in [0.15, 0.2) is 0 Å². The van der Waals surface area contributed by atoms with Crippen LogP contribution in [0, 0.1) is 0 Å². The van der Waals surface area contributed by atoms with Crippen molar-refractivity contribution >= 4 is 47.4 Å². The van der Waals surface area contributed by atoms with Gasteiger partial charge in [-0.25, -0.2) is 0 Å². The lowest BCUT2D eigenvalue weighted by Gasteiger charge is -2.18. The standard InChI is InChI=1S/C10H11Cl2NOS/c1-13(10(14)4-5-15)9-3-2-7(11)6-8(9)12/h2-3,6,15H,4-5H2,1H3. The van der Waals surface area contributed by atoms with E-state index in [1.165, 1.54) is 4.90 Å². The fourth-order valence-electron chi connectivity index (χ4n) is 1.15. The molecule has 1 aromatic carbocycles. The minimum Gasteiger partial charge on any atom is -0.314 e. The molecular weight excluding hydrogens is 253 g/mol. The Hall–Kier alpha value is -0.380. The lowest BCUT2D eigenvalue weighted by atomic mass is 10.3. The van der Waals surface area contributed by atoms with Crippen LogP contribution in [0.25, 0.3) is 0 Å². The van der Waals surface area contributed by atoms with Crippen LogP contribution in [-0.4, -0.2) is 18.7 Å². The number of thiol groups is 1. The molecule has 0 aliphatic heterocycles. The largest absolute Gasteiger partial charge is 0.314 e. The summed E-state index contributed by atoms with van der Waals surface area (Å²) in [6.45, 7) is 0. The van der Waals surface area contributed by atoms with Crippen LogP contribution in [0.3, 0.4) is 0 Å². The maximum atomic E-state index is 11.6. The molecule has 82 valence electrons. The highest BCUT2D eigenvalue weighted by Crippen LogP contribution is 2.28. The van der Waals surface area contributed by atoms with Crippen LogP contribution in [0.15, 0.2) is 18.2 Å². The molecule has 0 aromatic heterocycles. The maximum Gasteiger partial charge on any atom is 0.227 e. The highest BCUT2D eigenvalue weighted by Gasteiger charge is 2.12. The first-order valence-electron chi connectivity index (χ1n) is 4.38. The SMILES string of the molecule is CN(C(=O)CCS)c1ccc(Cl)cc1Cl. The van der Waals surface area contributed by atoms with Gasteiger partial charge in [0, 0.05) is 18.5 Å². The number of carbonyl (C=O) groups is 1. The van der Waals surface area contributed by atoms with Gasteiger partial charge in [0.2, 0.25) is 5.91 Å². The first-order valence-corrected chi connectivity index (χ1v) is 5.77. The molecule has 0 bridgehead atoms. The van der Waals surface area contributed by atoms with E-state index in [1.807, 2.05) is 0 Å². The number of hydrogen-bond donors (Lipinski definition) is 1. The molecule has 0 aliphatic rings. The molecule has 0 N–H and O–H groups in total. The monoisotopic (exact) mass is 263 g/mol. The Bertz CT molecular complexity index is 370. The Balaban J connectivity index is 2.91. The van der Waals surface area contributed by atoms with E-state index >= 15 is 0 Å². The molecule has 1 rings (SSSR count). The van der Waals surface area contributed by atoms with Gasteiger partial charge in [0.1, 0.15) is 0 Å². The molecule has 1 aromatic rings. The Kier molecular flexibility index (Phi) is 4.77. The number of rotatable bonds is 3. The van der Waals surface area contributed by atoms with Gasteiger partial charge < -0.3 is 4.90 Å². The second kappa shape index (κ2) is 5.64. The molecule has 0 fully saturated rings. The molecule has 0 spiro atoms. The van der Waals surface area contributed by atoms with Gasteiger partial charge in [-0.1, -0.05) is 23.2 Å². The van der Waals surface area contributed by atoms with Crippen LogP contribution in [0.5, 0.6) is 0 Å². The van der Waals surface area contributed by atoms with Crippen molar-refractivity contribution in [1.82, 2.24) is 0 Å². The van der Waals surface area contributed by atoms with Gasteiger partial charge in [-0.2, -0.15) is 12.6 Å². The fraction of sp³-hybridized carbons (Fsp3) is 0.300. The van der Waals surface area contributed by atoms with E-state index in [0.29, 0.717) is 27.9 Å². The molecule has 0 saturated carbocycles. The van der Waals surface area contributed by atoms with E-state index in [9.17, 15) is 4.79 Å². The second-order valence-corrected chi connectivity index (χ2v) is 4.31. The predicted octanol–water partition coefficient (Wildman–Crippen LogP) is 3.28. The topological polar surface area (TPSA) is 20.3 Å². The summed E-state index contributed by atoms with van der Waals surface area (Å²) in [7, 11) is 1.68. The highest BCUT2D eigenvalue weighted by molar-refractivity contribution is 7.80. The van der Waals surface area contributed by atoms with Crippen molar-refractivity contribution in [2.45, 2.75) is 6.42 Å². The van der Waals surface area contributed by atoms with Crippen molar-refractivity contribution in [2.24, 2.45) is 0 Å². The summed E-state index contributed by atoms with van der Waals surface area (Å²) < 4.78 is 0. The van der Waals surface area contributed by atoms with Crippen molar-refractivity contribution in [3.63, 3.8) is 0 Å². The Labute approximate surface area is 105 Å². The summed E-state index contributed by atoms with van der Waals surface area (Å²) in [5, 5.41) is 1.02. The summed E-state index contributed by atoms with van der Waals surface area (Å²) in [6.07, 6.45) is 0.387. The molecule has 0 atom stereocenters. The molecule has 0 heterocycles. The molecule has 0 unspecified atom stereocenters. The smallest absolute Gasteiger partial charge is 0.227 e. The summed E-state index contributed by atoms with van der Waals surface area (Å²) in [5.74, 6) is 0.503. The van der Waals surface area contributed by atoms with E-state index < -0.39 is 0 Å². The van der Waals surface area contributed by atoms with Crippen molar-refractivity contribution in [1.29, 1.82) is 0 Å². The average Bonchev–Trinajstić information content (AvgIpc) is 2.17. The zero-order valence-electron chi connectivity index (χ0n) is 8.20. The third-order valence-corrected chi connectivity index (χ3v) is 2.73. The van der Waals surface area contributed by atoms with Crippen LogP contribution in [0.4, 0.5) is 5.69 Å². The van der Waals surface area contributed by atoms with Crippen LogP contribution in [0.1, 0.15) is 6.42 Å². The number of halogens is 2. The minimum absolute atomic E-state index is 0.0192. The lowest BCUT2D eigenvalue weighted by Crippen LogP contribution is -2.26. The van der Waals surface area contributed by atoms with Gasteiger partial charge in [-0.05, 0) is 24.0 Å². The van der Waals surface area contributed by atoms with Gasteiger partial charge in [0.25, 0.3) is 0 Å². The van der Waals surface area contributed by atoms with Crippen LogP contribution in [-0.2, 0) is 4.79 Å². The van der Waals surface area contributed by atoms with Crippen LogP contribution >= 0.6 is 35.8 Å². The molecule has 0 aliphatic carbocycles. The molecule has 0 saturated heterocycles. The van der Waals surface area contributed by atoms with Gasteiger partial charge >= 0.3 is 0 Å². The van der Waals surface area contributed by atoms with Crippen molar-refractivity contribution in [2.75, 3.05) is 17.7 Å². The number of carbonyl (C=O) groups excluding carboxylic acids is 1. The van der Waals surface area contributed by atoms with Gasteiger partial charge in [0.05, 0.1) is 10.7 Å². The van der Waals surface area contributed by atoms with Gasteiger partial charge in [-0.3, -0.25) is 4.79 Å². The third kappa shape index (κ3) is 3.30. The van der Waals surface area contributed by atoms with E-state index in [-0.39, 0.29) is 5.91 Å². The molecule has 1 amide bonds. The quantitative estimate of drug-likeness (QED) is 0.831. The third-order valence-electron chi connectivity index (χ3n) is 1.97. The fourth-order valence-corrected chi connectivity index (χ4v) is 1.88. The van der Waals surface area contributed by atoms with Crippen LogP contribution < -0.4 is 4.90 Å². The predicted molar refractivity (Wildman–Crippen MR) is 68.3 cm³/mol. The number of amides is 1. The number of hydrogen-bond acceptors (Lipinski definition) is 2. The van der Waals surface area contributed by atoms with E-state index in [0.717, 1.165) is 0 Å². The van der Waals surface area contributed by atoms with Crippen LogP contribution in [0.2, 0.25) is 10.0 Å². The van der Waals surface area contributed by atoms with Crippen molar-refractivity contribution in [3.05, 3.63) is 28.2 Å². The highest BCUT2D eigenvalue weighted by atomic mass is 35.5. The Morgan fingerprint density at radius 2 is 2.13 bits per heavy atom. The Morgan fingerprint density at radius 1 is 1.47 bits per heavy atom. The van der Waals surface area contributed by atoms with Crippen molar-refractivity contribution < 1.29 is 4.79 Å². The lowest BCUT2D eigenvalue weighted by molar-refractivity contribution is -0.117. The molecular formula is C10H11Cl2NOS. The van der Waals surface area contributed by atoms with Crippen molar-refractivity contribution in [3.8, 4) is 0 Å². The molecule has 0 radical (unpaired) electrons. The first-order chi connectivity index (χ1) is 7.06. The van der Waals surface area contributed by atoms with E-state index in [1.54, 1.807) is 25.2 Å². The zero-order valence-corrected chi connectivity index (χ0v) is 10.6. The van der Waals surface area contributed by atoms with Gasteiger partial charge in [-0.15, -0.1) is 0 Å². The molecule has 2 nitrogen and oxygen atoms in total. The van der Waals surface area contributed by atoms with E-state index in [4.69, 9.17) is 23.2 Å². The normalized spacial score (nSPS) is 10.1. The Morgan fingerprint density at radius 3 is 2.67 bits per heavy atom. The summed E-state index contributed by atoms with van der Waals surface area (Å²) >= 11 is 15.7. The average molecular weight is 264 g/mol. The molecule has 5 heteroatoms. The minimum atomic E-state index is -0.0192. The summed E-state index contributed by atoms with van der Waals surface area (Å²) in [4.78, 5) is 13.1. The summed E-state index contributed by atoms with van der Waals surface area (Å²) in [5.41, 5.74) is 0.660. The van der Waals surface area contributed by atoms with E-state index in [2.05, 4.69) is 12.6 Å². The maximum absolute atomic E-state index is 11.6. The number of benzene rings is 1. The second-order valence-electron chi connectivity index (χ2n) is 3.02. The first kappa shape index (κ1) is 12.7. The number of anilines is 1. The number of nitrogens with zero attached hydrogens (tertiary/aromatic N) is 1. The molecule has 15 heavy (non-hydrogen) atoms.